The van der Waals surface area contributed by atoms with Gasteiger partial charge in [-0.3, -0.25) is 4.79 Å². The summed E-state index contributed by atoms with van der Waals surface area (Å²) in [4.78, 5) is 28.1. The number of methoxy groups -OCH3 is 1. The summed E-state index contributed by atoms with van der Waals surface area (Å²) in [5.74, 6) is 1.14. The zero-order valence-electron chi connectivity index (χ0n) is 20.4. The minimum atomic E-state index is -0.787. The van der Waals surface area contributed by atoms with E-state index in [-0.39, 0.29) is 29.8 Å². The molecule has 1 saturated heterocycles. The van der Waals surface area contributed by atoms with Crippen LogP contribution in [0.3, 0.4) is 0 Å². The molecule has 1 unspecified atom stereocenters. The lowest BCUT2D eigenvalue weighted by molar-refractivity contribution is -0.129. The Hall–Kier alpha value is -3.13. The van der Waals surface area contributed by atoms with Crippen LogP contribution >= 0.6 is 11.8 Å². The molecule has 3 atom stereocenters. The number of carbonyl (C=O) groups is 2. The Kier molecular flexibility index (Phi) is 8.23. The fourth-order valence-corrected chi connectivity index (χ4v) is 5.83. The fraction of sp³-hybridized carbons (Fsp3) is 0.407. The van der Waals surface area contributed by atoms with Crippen LogP contribution in [0.25, 0.3) is 6.08 Å². The van der Waals surface area contributed by atoms with Crippen LogP contribution in [0.2, 0.25) is 0 Å². The molecule has 1 aliphatic carbocycles. The highest BCUT2D eigenvalue weighted by Crippen LogP contribution is 2.42. The van der Waals surface area contributed by atoms with Gasteiger partial charge in [-0.15, -0.1) is 0 Å². The number of nitrogens with one attached hydrogen (secondary N) is 1. The Bertz CT molecular complexity index is 1070. The summed E-state index contributed by atoms with van der Waals surface area (Å²) in [5.41, 5.74) is 1.58. The average molecular weight is 497 g/mol. The largest absolute Gasteiger partial charge is 0.513 e. The highest BCUT2D eigenvalue weighted by molar-refractivity contribution is 8.05. The quantitative estimate of drug-likeness (QED) is 0.281. The normalized spacial score (nSPS) is 23.3. The van der Waals surface area contributed by atoms with Gasteiger partial charge in [-0.05, 0) is 61.6 Å². The van der Waals surface area contributed by atoms with Crippen LogP contribution in [0.4, 0.5) is 10.5 Å². The minimum absolute atomic E-state index is 0.0352. The SMILES string of the molecule is CCOC(=O)Oc1ccc(/C=C2\SC(Nc3ccccc3)N([C@H]3CCCC[C@@H]3C)C2=O)cc1OC. The van der Waals surface area contributed by atoms with Gasteiger partial charge < -0.3 is 24.4 Å². The van der Waals surface area contributed by atoms with E-state index in [9.17, 15) is 9.59 Å². The van der Waals surface area contributed by atoms with E-state index >= 15 is 0 Å². The number of benzene rings is 2. The molecule has 4 rings (SSSR count). The van der Waals surface area contributed by atoms with Crippen molar-refractivity contribution in [3.05, 3.63) is 59.0 Å². The van der Waals surface area contributed by atoms with Crippen molar-refractivity contribution in [2.75, 3.05) is 19.0 Å². The second kappa shape index (κ2) is 11.5. The lowest BCUT2D eigenvalue weighted by Crippen LogP contribution is -2.48. The maximum absolute atomic E-state index is 13.7. The average Bonchev–Trinajstić information content (AvgIpc) is 3.15. The van der Waals surface area contributed by atoms with E-state index in [1.165, 1.54) is 25.3 Å². The highest BCUT2D eigenvalue weighted by Gasteiger charge is 2.42. The third-order valence-corrected chi connectivity index (χ3v) is 7.48. The third-order valence-electron chi connectivity index (χ3n) is 6.36. The van der Waals surface area contributed by atoms with Crippen molar-refractivity contribution < 1.29 is 23.8 Å². The first-order chi connectivity index (χ1) is 17.0. The summed E-state index contributed by atoms with van der Waals surface area (Å²) in [6.07, 6.45) is 5.59. The second-order valence-electron chi connectivity index (χ2n) is 8.73. The Morgan fingerprint density at radius 2 is 1.91 bits per heavy atom. The fourth-order valence-electron chi connectivity index (χ4n) is 4.61. The van der Waals surface area contributed by atoms with Crippen molar-refractivity contribution in [1.82, 2.24) is 4.90 Å². The third kappa shape index (κ3) is 5.93. The molecule has 0 radical (unpaired) electrons. The predicted octanol–water partition coefficient (Wildman–Crippen LogP) is 6.12. The lowest BCUT2D eigenvalue weighted by atomic mass is 9.85. The van der Waals surface area contributed by atoms with Gasteiger partial charge in [-0.25, -0.2) is 4.79 Å². The molecule has 0 spiro atoms. The van der Waals surface area contributed by atoms with E-state index in [4.69, 9.17) is 14.2 Å². The van der Waals surface area contributed by atoms with Gasteiger partial charge in [-0.1, -0.05) is 55.8 Å². The van der Waals surface area contributed by atoms with Gasteiger partial charge in [0.2, 0.25) is 0 Å². The molecule has 8 heteroatoms. The maximum atomic E-state index is 13.7. The number of nitrogens with zero attached hydrogens (tertiary/aromatic N) is 1. The van der Waals surface area contributed by atoms with Crippen molar-refractivity contribution in [3.63, 3.8) is 0 Å². The van der Waals surface area contributed by atoms with E-state index in [0.29, 0.717) is 16.6 Å². The summed E-state index contributed by atoms with van der Waals surface area (Å²) in [5, 5.41) is 3.55. The van der Waals surface area contributed by atoms with Crippen LogP contribution in [0.1, 0.15) is 45.1 Å². The van der Waals surface area contributed by atoms with Crippen molar-refractivity contribution in [2.45, 2.75) is 51.1 Å². The number of rotatable bonds is 7. The summed E-state index contributed by atoms with van der Waals surface area (Å²) in [7, 11) is 1.51. The van der Waals surface area contributed by atoms with E-state index < -0.39 is 6.16 Å². The van der Waals surface area contributed by atoms with Gasteiger partial charge in [0, 0.05) is 11.7 Å². The molecule has 2 aromatic carbocycles. The smallest absolute Gasteiger partial charge is 0.493 e. The molecule has 0 aromatic heterocycles. The van der Waals surface area contributed by atoms with Crippen molar-refractivity contribution in [2.24, 2.45) is 5.92 Å². The van der Waals surface area contributed by atoms with Crippen molar-refractivity contribution >= 4 is 35.6 Å². The van der Waals surface area contributed by atoms with Gasteiger partial charge >= 0.3 is 6.16 Å². The maximum Gasteiger partial charge on any atom is 0.513 e. The summed E-state index contributed by atoms with van der Waals surface area (Å²) >= 11 is 1.53. The van der Waals surface area contributed by atoms with Crippen LogP contribution in [-0.2, 0) is 9.53 Å². The van der Waals surface area contributed by atoms with Gasteiger partial charge in [0.15, 0.2) is 17.0 Å². The molecular weight excluding hydrogens is 464 g/mol. The summed E-state index contributed by atoms with van der Waals surface area (Å²) < 4.78 is 15.5. The van der Waals surface area contributed by atoms with Crippen molar-refractivity contribution in [1.29, 1.82) is 0 Å². The number of carbonyl (C=O) groups excluding carboxylic acids is 2. The van der Waals surface area contributed by atoms with E-state index in [2.05, 4.69) is 12.2 Å². The Balaban J connectivity index is 1.60. The number of amides is 1. The Morgan fingerprint density at radius 1 is 1.14 bits per heavy atom. The monoisotopic (exact) mass is 496 g/mol. The van der Waals surface area contributed by atoms with Crippen LogP contribution in [0.5, 0.6) is 11.5 Å². The van der Waals surface area contributed by atoms with E-state index in [1.807, 2.05) is 41.3 Å². The second-order valence-corrected chi connectivity index (χ2v) is 9.85. The van der Waals surface area contributed by atoms with Gasteiger partial charge in [0.05, 0.1) is 18.6 Å². The number of anilines is 1. The zero-order valence-corrected chi connectivity index (χ0v) is 21.2. The van der Waals surface area contributed by atoms with Gasteiger partial charge in [0.1, 0.15) is 0 Å². The first-order valence-electron chi connectivity index (χ1n) is 12.1. The molecule has 7 nitrogen and oxygen atoms in total. The standard InChI is InChI=1S/C27H32N2O5S/c1-4-33-27(31)34-22-15-14-19(16-23(22)32-3)17-24-25(30)29(21-13-9-8-10-18(21)2)26(35-24)28-20-11-6-5-7-12-20/h5-7,11-12,14-18,21,26,28H,4,8-10,13H2,1-3H3/b24-17-/t18-,21-,26?/m0/s1. The minimum Gasteiger partial charge on any atom is -0.493 e. The molecule has 0 bridgehead atoms. The first kappa shape index (κ1) is 25.0. The lowest BCUT2D eigenvalue weighted by Gasteiger charge is -2.39. The molecule has 1 N–H and O–H groups in total. The van der Waals surface area contributed by atoms with Gasteiger partial charge in [0.25, 0.3) is 5.91 Å². The molecule has 1 saturated carbocycles. The predicted molar refractivity (Wildman–Crippen MR) is 138 cm³/mol. The zero-order chi connectivity index (χ0) is 24.8. The molecule has 2 fully saturated rings. The number of thioether (sulfide) groups is 1. The van der Waals surface area contributed by atoms with E-state index in [1.54, 1.807) is 25.1 Å². The number of ether oxygens (including phenoxy) is 3. The van der Waals surface area contributed by atoms with Crippen LogP contribution in [0, 0.1) is 5.92 Å². The molecule has 1 heterocycles. The van der Waals surface area contributed by atoms with Crippen LogP contribution in [-0.4, -0.2) is 42.2 Å². The molecule has 35 heavy (non-hydrogen) atoms. The number of para-hydroxylation sites is 1. The Labute approximate surface area is 210 Å². The van der Waals surface area contributed by atoms with Gasteiger partial charge in [-0.2, -0.15) is 0 Å². The molecular formula is C27H32N2O5S. The number of hydrogen-bond acceptors (Lipinski definition) is 7. The van der Waals surface area contributed by atoms with Crippen molar-refractivity contribution in [3.8, 4) is 11.5 Å². The summed E-state index contributed by atoms with van der Waals surface area (Å²) in [6.45, 7) is 4.18. The molecule has 186 valence electrons. The Morgan fingerprint density at radius 3 is 2.63 bits per heavy atom. The van der Waals surface area contributed by atoms with Crippen LogP contribution < -0.4 is 14.8 Å². The first-order valence-corrected chi connectivity index (χ1v) is 12.9. The highest BCUT2D eigenvalue weighted by atomic mass is 32.2. The number of hydrogen-bond donors (Lipinski definition) is 1. The van der Waals surface area contributed by atoms with Crippen LogP contribution in [0.15, 0.2) is 53.4 Å². The molecule has 2 aromatic rings. The summed E-state index contributed by atoms with van der Waals surface area (Å²) in [6, 6.07) is 15.4. The molecule has 1 amide bonds. The molecule has 2 aliphatic rings. The topological polar surface area (TPSA) is 77.1 Å². The van der Waals surface area contributed by atoms with E-state index in [0.717, 1.165) is 30.5 Å². The molecule has 1 aliphatic heterocycles.